The minimum atomic E-state index is -3.96. The standard InChI is InChI=1S/C15H21ClN2O5S/c1-10(15(19)17-9-12-4-3-7-23-12)18-24(20,21)14-8-11(16)5-6-13(14)22-2/h5-6,8,10,12,18H,3-4,7,9H2,1-2H3,(H,17,19). The first-order valence-corrected chi connectivity index (χ1v) is 9.45. The second kappa shape index (κ2) is 8.15. The number of methoxy groups -OCH3 is 1. The Morgan fingerprint density at radius 1 is 1.50 bits per heavy atom. The molecule has 2 rings (SSSR count). The Morgan fingerprint density at radius 3 is 2.88 bits per heavy atom. The highest BCUT2D eigenvalue weighted by Crippen LogP contribution is 2.27. The van der Waals surface area contributed by atoms with E-state index in [9.17, 15) is 13.2 Å². The van der Waals surface area contributed by atoms with Crippen LogP contribution in [0.1, 0.15) is 19.8 Å². The van der Waals surface area contributed by atoms with Gasteiger partial charge in [-0.15, -0.1) is 0 Å². The number of hydrogen-bond acceptors (Lipinski definition) is 5. The fourth-order valence-corrected chi connectivity index (χ4v) is 4.02. The molecule has 0 aromatic heterocycles. The van der Waals surface area contributed by atoms with Crippen LogP contribution in [0.4, 0.5) is 0 Å². The third-order valence-electron chi connectivity index (χ3n) is 3.67. The van der Waals surface area contributed by atoms with E-state index in [1.165, 1.54) is 32.2 Å². The zero-order chi connectivity index (χ0) is 17.7. The predicted octanol–water partition coefficient (Wildman–Crippen LogP) is 1.31. The van der Waals surface area contributed by atoms with Crippen molar-refractivity contribution in [3.8, 4) is 5.75 Å². The number of carbonyl (C=O) groups is 1. The lowest BCUT2D eigenvalue weighted by molar-refractivity contribution is -0.122. The van der Waals surface area contributed by atoms with Crippen LogP contribution in [-0.2, 0) is 19.6 Å². The van der Waals surface area contributed by atoms with Crippen molar-refractivity contribution in [2.45, 2.75) is 36.8 Å². The number of amides is 1. The molecule has 0 spiro atoms. The van der Waals surface area contributed by atoms with Crippen LogP contribution in [0.15, 0.2) is 23.1 Å². The fraction of sp³-hybridized carbons (Fsp3) is 0.533. The summed E-state index contributed by atoms with van der Waals surface area (Å²) in [6.07, 6.45) is 1.85. The summed E-state index contributed by atoms with van der Waals surface area (Å²) in [4.78, 5) is 12.0. The summed E-state index contributed by atoms with van der Waals surface area (Å²) in [5, 5.41) is 2.95. The lowest BCUT2D eigenvalue weighted by atomic mass is 10.2. The van der Waals surface area contributed by atoms with Gasteiger partial charge in [0, 0.05) is 18.2 Å². The highest BCUT2D eigenvalue weighted by atomic mass is 35.5. The first kappa shape index (κ1) is 19.0. The molecule has 2 N–H and O–H groups in total. The molecule has 24 heavy (non-hydrogen) atoms. The summed E-state index contributed by atoms with van der Waals surface area (Å²) in [7, 11) is -2.60. The topological polar surface area (TPSA) is 93.7 Å². The summed E-state index contributed by atoms with van der Waals surface area (Å²) >= 11 is 5.86. The van der Waals surface area contributed by atoms with Crippen molar-refractivity contribution in [3.05, 3.63) is 23.2 Å². The van der Waals surface area contributed by atoms with Gasteiger partial charge in [-0.2, -0.15) is 4.72 Å². The van der Waals surface area contributed by atoms with E-state index in [-0.39, 0.29) is 21.8 Å². The number of nitrogens with one attached hydrogen (secondary N) is 2. The monoisotopic (exact) mass is 376 g/mol. The van der Waals surface area contributed by atoms with Crippen LogP contribution < -0.4 is 14.8 Å². The van der Waals surface area contributed by atoms with Crippen LogP contribution in [0.3, 0.4) is 0 Å². The third kappa shape index (κ3) is 4.83. The van der Waals surface area contributed by atoms with Gasteiger partial charge in [-0.3, -0.25) is 4.79 Å². The maximum atomic E-state index is 12.5. The predicted molar refractivity (Wildman–Crippen MR) is 89.8 cm³/mol. The van der Waals surface area contributed by atoms with E-state index in [4.69, 9.17) is 21.1 Å². The van der Waals surface area contributed by atoms with Gasteiger partial charge in [0.15, 0.2) is 0 Å². The molecule has 134 valence electrons. The van der Waals surface area contributed by atoms with Crippen molar-refractivity contribution >= 4 is 27.5 Å². The SMILES string of the molecule is COc1ccc(Cl)cc1S(=O)(=O)NC(C)C(=O)NCC1CCCO1. The quantitative estimate of drug-likeness (QED) is 0.748. The number of carbonyl (C=O) groups excluding carboxylic acids is 1. The molecule has 7 nitrogen and oxygen atoms in total. The third-order valence-corrected chi connectivity index (χ3v) is 5.47. The Balaban J connectivity index is 2.02. The molecule has 1 aliphatic rings. The first-order valence-electron chi connectivity index (χ1n) is 7.58. The van der Waals surface area contributed by atoms with Crippen LogP contribution in [0.2, 0.25) is 5.02 Å². The van der Waals surface area contributed by atoms with Crippen LogP contribution in [0, 0.1) is 0 Å². The van der Waals surface area contributed by atoms with Gasteiger partial charge in [0.25, 0.3) is 0 Å². The molecule has 1 aromatic carbocycles. The molecule has 9 heteroatoms. The van der Waals surface area contributed by atoms with Crippen LogP contribution in [0.5, 0.6) is 5.75 Å². The molecule has 1 saturated heterocycles. The van der Waals surface area contributed by atoms with E-state index < -0.39 is 22.0 Å². The molecule has 0 aliphatic carbocycles. The highest BCUT2D eigenvalue weighted by Gasteiger charge is 2.26. The van der Waals surface area contributed by atoms with Gasteiger partial charge < -0.3 is 14.8 Å². The van der Waals surface area contributed by atoms with Gasteiger partial charge in [0.2, 0.25) is 15.9 Å². The summed E-state index contributed by atoms with van der Waals surface area (Å²) in [5.74, 6) is -0.270. The zero-order valence-electron chi connectivity index (χ0n) is 13.5. The molecule has 0 saturated carbocycles. The summed E-state index contributed by atoms with van der Waals surface area (Å²) in [6.45, 7) is 2.53. The van der Waals surface area contributed by atoms with Crippen LogP contribution >= 0.6 is 11.6 Å². The molecular formula is C15H21ClN2O5S. The minimum absolute atomic E-state index is 0.00854. The van der Waals surface area contributed by atoms with E-state index >= 15 is 0 Å². The normalized spacial score (nSPS) is 19.0. The summed E-state index contributed by atoms with van der Waals surface area (Å²) < 4.78 is 37.8. The number of rotatable bonds is 7. The molecule has 1 heterocycles. The summed E-state index contributed by atoms with van der Waals surface area (Å²) in [5.41, 5.74) is 0. The molecular weight excluding hydrogens is 356 g/mol. The van der Waals surface area contributed by atoms with E-state index in [1.807, 2.05) is 0 Å². The molecule has 1 aromatic rings. The lowest BCUT2D eigenvalue weighted by Gasteiger charge is -2.17. The van der Waals surface area contributed by atoms with Gasteiger partial charge in [-0.25, -0.2) is 8.42 Å². The Hall–Kier alpha value is -1.35. The van der Waals surface area contributed by atoms with Crippen molar-refractivity contribution in [3.63, 3.8) is 0 Å². The van der Waals surface area contributed by atoms with E-state index in [2.05, 4.69) is 10.0 Å². The maximum Gasteiger partial charge on any atom is 0.245 e. The van der Waals surface area contributed by atoms with Crippen molar-refractivity contribution in [1.82, 2.24) is 10.0 Å². The van der Waals surface area contributed by atoms with Gasteiger partial charge >= 0.3 is 0 Å². The molecule has 1 aliphatic heterocycles. The highest BCUT2D eigenvalue weighted by molar-refractivity contribution is 7.89. The molecule has 0 bridgehead atoms. The second-order valence-corrected chi connectivity index (χ2v) is 7.64. The number of hydrogen-bond donors (Lipinski definition) is 2. The van der Waals surface area contributed by atoms with Crippen molar-refractivity contribution in [2.24, 2.45) is 0 Å². The largest absolute Gasteiger partial charge is 0.495 e. The first-order chi connectivity index (χ1) is 11.3. The van der Waals surface area contributed by atoms with Crippen LogP contribution in [-0.4, -0.2) is 46.7 Å². The fourth-order valence-electron chi connectivity index (χ4n) is 2.38. The van der Waals surface area contributed by atoms with E-state index in [0.717, 1.165) is 12.8 Å². The number of sulfonamides is 1. The zero-order valence-corrected chi connectivity index (χ0v) is 15.1. The van der Waals surface area contributed by atoms with E-state index in [1.54, 1.807) is 0 Å². The molecule has 2 atom stereocenters. The van der Waals surface area contributed by atoms with Gasteiger partial charge in [-0.1, -0.05) is 11.6 Å². The Labute approximate surface area is 146 Å². The second-order valence-electron chi connectivity index (χ2n) is 5.52. The Morgan fingerprint density at radius 2 is 2.25 bits per heavy atom. The minimum Gasteiger partial charge on any atom is -0.495 e. The number of benzene rings is 1. The van der Waals surface area contributed by atoms with Crippen LogP contribution in [0.25, 0.3) is 0 Å². The van der Waals surface area contributed by atoms with Gasteiger partial charge in [0.05, 0.1) is 19.3 Å². The number of ether oxygens (including phenoxy) is 2. The molecule has 2 unspecified atom stereocenters. The van der Waals surface area contributed by atoms with Gasteiger partial charge in [0.1, 0.15) is 10.6 Å². The van der Waals surface area contributed by atoms with Crippen molar-refractivity contribution in [2.75, 3.05) is 20.3 Å². The average molecular weight is 377 g/mol. The molecule has 0 radical (unpaired) electrons. The molecule has 1 fully saturated rings. The average Bonchev–Trinajstić information content (AvgIpc) is 3.05. The Bertz CT molecular complexity index is 689. The Kier molecular flexibility index (Phi) is 6.45. The number of halogens is 1. The van der Waals surface area contributed by atoms with Gasteiger partial charge in [-0.05, 0) is 38.0 Å². The smallest absolute Gasteiger partial charge is 0.245 e. The van der Waals surface area contributed by atoms with Crippen molar-refractivity contribution in [1.29, 1.82) is 0 Å². The molecule has 1 amide bonds. The van der Waals surface area contributed by atoms with E-state index in [0.29, 0.717) is 13.2 Å². The lowest BCUT2D eigenvalue weighted by Crippen LogP contribution is -2.46. The van der Waals surface area contributed by atoms with Crippen molar-refractivity contribution < 1.29 is 22.7 Å². The summed E-state index contributed by atoms with van der Waals surface area (Å²) in [6, 6.07) is 3.32. The maximum absolute atomic E-state index is 12.5.